The van der Waals surface area contributed by atoms with Crippen LogP contribution in [0.5, 0.6) is 5.75 Å². The van der Waals surface area contributed by atoms with E-state index in [1.807, 2.05) is 42.3 Å². The lowest BCUT2D eigenvalue weighted by Gasteiger charge is -2.19. The molecule has 0 aliphatic heterocycles. The Labute approximate surface area is 213 Å². The number of nitrogens with one attached hydrogen (secondary N) is 1. The summed E-state index contributed by atoms with van der Waals surface area (Å²) in [4.78, 5) is 23.1. The number of carbonyl (C=O) groups excluding carboxylic acids is 1. The number of nitrogens with zero attached hydrogens (tertiary/aromatic N) is 3. The first-order valence-electron chi connectivity index (χ1n) is 11.4. The van der Waals surface area contributed by atoms with Crippen LogP contribution in [0.3, 0.4) is 0 Å². The van der Waals surface area contributed by atoms with Gasteiger partial charge in [0.1, 0.15) is 23.2 Å². The van der Waals surface area contributed by atoms with Gasteiger partial charge in [-0.2, -0.15) is 0 Å². The fraction of sp³-hybridized carbons (Fsp3) is 0.179. The number of fused-ring (bicyclic) bond motifs is 1. The molecule has 0 radical (unpaired) electrons. The van der Waals surface area contributed by atoms with E-state index < -0.39 is 17.7 Å². The van der Waals surface area contributed by atoms with Crippen LogP contribution in [-0.4, -0.2) is 30.2 Å². The molecule has 0 unspecified atom stereocenters. The number of hydrogen-bond donors (Lipinski definition) is 1. The van der Waals surface area contributed by atoms with E-state index in [1.165, 1.54) is 13.0 Å². The standard InChI is InChI=1S/C28H26F2N4O3/c1-16(2)37-28(35)33-26-11-22(23(29)12-24(26)30)21-10-19-14-31-27(13-25(19)32-17(21)3)34(4)15-18-6-8-20(36-5)9-7-18/h6-14H,1,15H2,2-5H3,(H,33,35). The molecule has 1 N–H and O–H groups in total. The van der Waals surface area contributed by atoms with E-state index in [1.54, 1.807) is 26.3 Å². The molecule has 0 fully saturated rings. The first-order chi connectivity index (χ1) is 17.6. The highest BCUT2D eigenvalue weighted by Crippen LogP contribution is 2.32. The smallest absolute Gasteiger partial charge is 0.416 e. The third kappa shape index (κ3) is 5.83. The topological polar surface area (TPSA) is 76.6 Å². The fourth-order valence-corrected chi connectivity index (χ4v) is 3.87. The van der Waals surface area contributed by atoms with Gasteiger partial charge >= 0.3 is 6.09 Å². The van der Waals surface area contributed by atoms with Gasteiger partial charge in [0.25, 0.3) is 0 Å². The van der Waals surface area contributed by atoms with Gasteiger partial charge in [-0.15, -0.1) is 0 Å². The van der Waals surface area contributed by atoms with Crippen LogP contribution in [0.25, 0.3) is 22.0 Å². The molecule has 1 amide bonds. The highest BCUT2D eigenvalue weighted by molar-refractivity contribution is 5.89. The molecule has 4 rings (SSSR count). The number of carbonyl (C=O) groups is 1. The molecule has 2 aromatic heterocycles. The largest absolute Gasteiger partial charge is 0.497 e. The minimum Gasteiger partial charge on any atom is -0.497 e. The number of allylic oxidation sites excluding steroid dienone is 1. The second kappa shape index (κ2) is 10.6. The predicted molar refractivity (Wildman–Crippen MR) is 140 cm³/mol. The van der Waals surface area contributed by atoms with Crippen molar-refractivity contribution in [3.05, 3.63) is 90.0 Å². The van der Waals surface area contributed by atoms with Crippen molar-refractivity contribution in [2.45, 2.75) is 20.4 Å². The van der Waals surface area contributed by atoms with E-state index in [4.69, 9.17) is 9.47 Å². The Bertz CT molecular complexity index is 1490. The number of amides is 1. The Kier molecular flexibility index (Phi) is 7.33. The van der Waals surface area contributed by atoms with Gasteiger partial charge in [-0.1, -0.05) is 18.7 Å². The predicted octanol–water partition coefficient (Wildman–Crippen LogP) is 6.61. The minimum absolute atomic E-state index is 0.0830. The number of methoxy groups -OCH3 is 1. The molecule has 0 aliphatic carbocycles. The molecule has 37 heavy (non-hydrogen) atoms. The van der Waals surface area contributed by atoms with Gasteiger partial charge in [-0.05, 0) is 43.7 Å². The summed E-state index contributed by atoms with van der Waals surface area (Å²) in [5.74, 6) is -0.0744. The molecule has 2 heterocycles. The number of aryl methyl sites for hydroxylation is 1. The Balaban J connectivity index is 1.63. The van der Waals surface area contributed by atoms with Crippen molar-refractivity contribution in [3.8, 4) is 16.9 Å². The number of anilines is 2. The SMILES string of the molecule is C=C(C)OC(=O)Nc1cc(-c2cc3cnc(N(C)Cc4ccc(OC)cc4)cc3nc2C)c(F)cc1F. The summed E-state index contributed by atoms with van der Waals surface area (Å²) < 4.78 is 39.2. The number of ether oxygens (including phenoxy) is 2. The number of benzene rings is 2. The van der Waals surface area contributed by atoms with Crippen LogP contribution < -0.4 is 15.0 Å². The maximum Gasteiger partial charge on any atom is 0.416 e. The van der Waals surface area contributed by atoms with Crippen LogP contribution >= 0.6 is 0 Å². The molecule has 0 atom stereocenters. The zero-order chi connectivity index (χ0) is 26.7. The van der Waals surface area contributed by atoms with E-state index in [2.05, 4.69) is 21.9 Å². The van der Waals surface area contributed by atoms with Crippen LogP contribution in [0, 0.1) is 18.6 Å². The molecule has 0 spiro atoms. The Hall–Kier alpha value is -4.53. The average molecular weight is 505 g/mol. The number of hydrogen-bond acceptors (Lipinski definition) is 6. The van der Waals surface area contributed by atoms with Gasteiger partial charge in [-0.25, -0.2) is 18.6 Å². The summed E-state index contributed by atoms with van der Waals surface area (Å²) in [6.45, 7) is 7.31. The zero-order valence-electron chi connectivity index (χ0n) is 20.9. The van der Waals surface area contributed by atoms with Crippen molar-refractivity contribution < 1.29 is 23.0 Å². The highest BCUT2D eigenvalue weighted by atomic mass is 19.1. The van der Waals surface area contributed by atoms with E-state index >= 15 is 0 Å². The van der Waals surface area contributed by atoms with Crippen LogP contribution in [0.4, 0.5) is 25.1 Å². The Morgan fingerprint density at radius 2 is 1.81 bits per heavy atom. The molecule has 0 aliphatic rings. The fourth-order valence-electron chi connectivity index (χ4n) is 3.87. The molecule has 0 saturated heterocycles. The van der Waals surface area contributed by atoms with Crippen molar-refractivity contribution in [1.82, 2.24) is 9.97 Å². The number of rotatable bonds is 7. The van der Waals surface area contributed by atoms with Gasteiger partial charge < -0.3 is 14.4 Å². The van der Waals surface area contributed by atoms with Gasteiger partial charge in [0.15, 0.2) is 0 Å². The number of pyridine rings is 2. The van der Waals surface area contributed by atoms with Crippen molar-refractivity contribution in [2.75, 3.05) is 24.4 Å². The quantitative estimate of drug-likeness (QED) is 0.286. The second-order valence-electron chi connectivity index (χ2n) is 8.59. The van der Waals surface area contributed by atoms with Crippen molar-refractivity contribution in [3.63, 3.8) is 0 Å². The monoisotopic (exact) mass is 504 g/mol. The van der Waals surface area contributed by atoms with Gasteiger partial charge in [0.2, 0.25) is 0 Å². The van der Waals surface area contributed by atoms with Gasteiger partial charge in [0, 0.05) is 54.1 Å². The normalized spacial score (nSPS) is 10.8. The highest BCUT2D eigenvalue weighted by Gasteiger charge is 2.17. The third-order valence-electron chi connectivity index (χ3n) is 5.70. The first-order valence-corrected chi connectivity index (χ1v) is 11.4. The molecule has 7 nitrogen and oxygen atoms in total. The zero-order valence-corrected chi connectivity index (χ0v) is 20.9. The van der Waals surface area contributed by atoms with Crippen LogP contribution in [-0.2, 0) is 11.3 Å². The second-order valence-corrected chi connectivity index (χ2v) is 8.59. The lowest BCUT2D eigenvalue weighted by atomic mass is 10.0. The van der Waals surface area contributed by atoms with Crippen molar-refractivity contribution in [2.24, 2.45) is 0 Å². The van der Waals surface area contributed by atoms with Crippen molar-refractivity contribution in [1.29, 1.82) is 0 Å². The molecule has 0 bridgehead atoms. The molecule has 2 aromatic carbocycles. The third-order valence-corrected chi connectivity index (χ3v) is 5.70. The molecule has 4 aromatic rings. The Morgan fingerprint density at radius 1 is 1.08 bits per heavy atom. The van der Waals surface area contributed by atoms with E-state index in [-0.39, 0.29) is 17.0 Å². The number of halogens is 2. The van der Waals surface area contributed by atoms with Gasteiger partial charge in [0.05, 0.1) is 24.1 Å². The molecule has 0 saturated carbocycles. The van der Waals surface area contributed by atoms with E-state index in [9.17, 15) is 13.6 Å². The lowest BCUT2D eigenvalue weighted by molar-refractivity contribution is 0.192. The Morgan fingerprint density at radius 3 is 2.49 bits per heavy atom. The van der Waals surface area contributed by atoms with Crippen molar-refractivity contribution >= 4 is 28.5 Å². The molecule has 9 heteroatoms. The minimum atomic E-state index is -0.933. The summed E-state index contributed by atoms with van der Waals surface area (Å²) >= 11 is 0. The van der Waals surface area contributed by atoms with Gasteiger partial charge in [-0.3, -0.25) is 10.3 Å². The number of aromatic nitrogens is 2. The van der Waals surface area contributed by atoms with E-state index in [0.29, 0.717) is 34.8 Å². The molecule has 190 valence electrons. The summed E-state index contributed by atoms with van der Waals surface area (Å²) in [7, 11) is 3.56. The lowest BCUT2D eigenvalue weighted by Crippen LogP contribution is -2.17. The maximum atomic E-state index is 14.8. The average Bonchev–Trinajstić information content (AvgIpc) is 2.85. The first kappa shape index (κ1) is 25.6. The summed E-state index contributed by atoms with van der Waals surface area (Å²) in [5, 5.41) is 2.96. The van der Waals surface area contributed by atoms with Crippen LogP contribution in [0.1, 0.15) is 18.2 Å². The summed E-state index contributed by atoms with van der Waals surface area (Å²) in [6, 6.07) is 13.3. The summed E-state index contributed by atoms with van der Waals surface area (Å²) in [5.41, 5.74) is 2.60. The van der Waals surface area contributed by atoms with E-state index in [0.717, 1.165) is 17.1 Å². The van der Waals surface area contributed by atoms with Crippen LogP contribution in [0.15, 0.2) is 67.1 Å². The maximum absolute atomic E-state index is 14.8. The molecular formula is C28H26F2N4O3. The summed E-state index contributed by atoms with van der Waals surface area (Å²) in [6.07, 6.45) is 0.739. The van der Waals surface area contributed by atoms with Crippen LogP contribution in [0.2, 0.25) is 0 Å². The molecular weight excluding hydrogens is 478 g/mol.